The highest BCUT2D eigenvalue weighted by molar-refractivity contribution is 7.89. The molecule has 21 heavy (non-hydrogen) atoms. The van der Waals surface area contributed by atoms with Crippen LogP contribution in [0.2, 0.25) is 0 Å². The summed E-state index contributed by atoms with van der Waals surface area (Å²) in [7, 11) is -3.63. The fourth-order valence-electron chi connectivity index (χ4n) is 2.38. The molecule has 0 aliphatic carbocycles. The molecular formula is C14H21N3O3S. The van der Waals surface area contributed by atoms with Crippen molar-refractivity contribution in [2.45, 2.75) is 24.7 Å². The van der Waals surface area contributed by atoms with E-state index in [1.165, 1.54) is 24.3 Å². The molecular weight excluding hydrogens is 290 g/mol. The molecule has 1 aliphatic heterocycles. The zero-order valence-electron chi connectivity index (χ0n) is 12.1. The third kappa shape index (κ3) is 4.03. The predicted molar refractivity (Wildman–Crippen MR) is 80.4 cm³/mol. The maximum Gasteiger partial charge on any atom is 0.248 e. The van der Waals surface area contributed by atoms with Crippen molar-refractivity contribution in [2.75, 3.05) is 19.6 Å². The van der Waals surface area contributed by atoms with Crippen molar-refractivity contribution in [2.24, 2.45) is 11.1 Å². The topological polar surface area (TPSA) is 101 Å². The van der Waals surface area contributed by atoms with Gasteiger partial charge in [-0.3, -0.25) is 4.79 Å². The molecule has 6 nitrogen and oxygen atoms in total. The highest BCUT2D eigenvalue weighted by Gasteiger charge is 2.28. The van der Waals surface area contributed by atoms with Crippen LogP contribution in [-0.4, -0.2) is 34.0 Å². The molecule has 116 valence electrons. The molecule has 1 fully saturated rings. The summed E-state index contributed by atoms with van der Waals surface area (Å²) in [6, 6.07) is 5.77. The number of piperidine rings is 1. The van der Waals surface area contributed by atoms with Crippen LogP contribution >= 0.6 is 0 Å². The van der Waals surface area contributed by atoms with E-state index in [1.807, 2.05) is 0 Å². The Morgan fingerprint density at radius 1 is 1.38 bits per heavy atom. The lowest BCUT2D eigenvalue weighted by Crippen LogP contribution is -2.42. The van der Waals surface area contributed by atoms with Gasteiger partial charge in [0.2, 0.25) is 15.9 Å². The van der Waals surface area contributed by atoms with Crippen molar-refractivity contribution in [3.8, 4) is 0 Å². The molecule has 2 rings (SSSR count). The molecule has 0 unspecified atom stereocenters. The Morgan fingerprint density at radius 2 is 2.05 bits per heavy atom. The van der Waals surface area contributed by atoms with E-state index in [9.17, 15) is 13.2 Å². The van der Waals surface area contributed by atoms with Crippen LogP contribution in [0.3, 0.4) is 0 Å². The number of nitrogens with two attached hydrogens (primary N) is 1. The van der Waals surface area contributed by atoms with E-state index in [0.717, 1.165) is 25.9 Å². The first kappa shape index (κ1) is 15.9. The zero-order chi connectivity index (χ0) is 15.5. The summed E-state index contributed by atoms with van der Waals surface area (Å²) in [5, 5.41) is 3.26. The van der Waals surface area contributed by atoms with Crippen LogP contribution in [0.25, 0.3) is 0 Å². The summed E-state index contributed by atoms with van der Waals surface area (Å²) in [4.78, 5) is 11.2. The van der Waals surface area contributed by atoms with Gasteiger partial charge in [-0.1, -0.05) is 13.0 Å². The van der Waals surface area contributed by atoms with Gasteiger partial charge < -0.3 is 11.1 Å². The minimum absolute atomic E-state index is 0.0420. The van der Waals surface area contributed by atoms with Gasteiger partial charge in [-0.25, -0.2) is 13.1 Å². The molecule has 0 atom stereocenters. The Labute approximate surface area is 125 Å². The molecule has 4 N–H and O–H groups in total. The van der Waals surface area contributed by atoms with E-state index < -0.39 is 15.9 Å². The molecule has 0 bridgehead atoms. The van der Waals surface area contributed by atoms with Crippen LogP contribution in [0.1, 0.15) is 30.1 Å². The number of rotatable bonds is 5. The van der Waals surface area contributed by atoms with Crippen molar-refractivity contribution in [3.63, 3.8) is 0 Å². The van der Waals surface area contributed by atoms with Crippen LogP contribution in [0.4, 0.5) is 0 Å². The Balaban J connectivity index is 2.11. The second-order valence-corrected chi connectivity index (χ2v) is 7.54. The fraction of sp³-hybridized carbons (Fsp3) is 0.500. The minimum Gasteiger partial charge on any atom is -0.366 e. The highest BCUT2D eigenvalue weighted by Crippen LogP contribution is 2.27. The summed E-state index contributed by atoms with van der Waals surface area (Å²) in [5.74, 6) is -0.641. The van der Waals surface area contributed by atoms with Crippen LogP contribution in [0.5, 0.6) is 0 Å². The fourth-order valence-corrected chi connectivity index (χ4v) is 3.62. The van der Waals surface area contributed by atoms with Gasteiger partial charge >= 0.3 is 0 Å². The highest BCUT2D eigenvalue weighted by atomic mass is 32.2. The largest absolute Gasteiger partial charge is 0.366 e. The third-order valence-electron chi connectivity index (χ3n) is 3.93. The smallest absolute Gasteiger partial charge is 0.248 e. The quantitative estimate of drug-likeness (QED) is 0.735. The van der Waals surface area contributed by atoms with Crippen LogP contribution in [-0.2, 0) is 10.0 Å². The SMILES string of the molecule is CC1(CNS(=O)(=O)c2cccc(C(N)=O)c2)CCNCC1. The summed E-state index contributed by atoms with van der Waals surface area (Å²) in [5.41, 5.74) is 5.32. The van der Waals surface area contributed by atoms with E-state index in [2.05, 4.69) is 17.0 Å². The number of nitrogens with one attached hydrogen (secondary N) is 2. The number of benzene rings is 1. The van der Waals surface area contributed by atoms with Crippen molar-refractivity contribution in [1.29, 1.82) is 0 Å². The van der Waals surface area contributed by atoms with Crippen LogP contribution < -0.4 is 15.8 Å². The van der Waals surface area contributed by atoms with Gasteiger partial charge in [0.25, 0.3) is 0 Å². The second-order valence-electron chi connectivity index (χ2n) is 5.78. The standard InChI is InChI=1S/C14H21N3O3S/c1-14(5-7-16-8-6-14)10-17-21(19,20)12-4-2-3-11(9-12)13(15)18/h2-4,9,16-17H,5-8,10H2,1H3,(H2,15,18). The van der Waals surface area contributed by atoms with Gasteiger partial charge in [-0.2, -0.15) is 0 Å². The average molecular weight is 311 g/mol. The second kappa shape index (κ2) is 6.13. The Bertz CT molecular complexity index is 622. The molecule has 1 heterocycles. The number of hydrogen-bond acceptors (Lipinski definition) is 4. The zero-order valence-corrected chi connectivity index (χ0v) is 12.9. The van der Waals surface area contributed by atoms with Crippen molar-refractivity contribution in [1.82, 2.24) is 10.0 Å². The van der Waals surface area contributed by atoms with E-state index in [0.29, 0.717) is 6.54 Å². The molecule has 0 radical (unpaired) electrons. The Hall–Kier alpha value is -1.44. The lowest BCUT2D eigenvalue weighted by molar-refractivity contribution is 0.1000. The molecule has 1 amide bonds. The molecule has 1 saturated heterocycles. The predicted octanol–water partition coefficient (Wildman–Crippen LogP) is 0.453. The van der Waals surface area contributed by atoms with Crippen molar-refractivity contribution in [3.05, 3.63) is 29.8 Å². The molecule has 0 saturated carbocycles. The Kier molecular flexibility index (Phi) is 4.65. The molecule has 7 heteroatoms. The first-order valence-electron chi connectivity index (χ1n) is 6.93. The summed E-state index contributed by atoms with van der Waals surface area (Å²) >= 11 is 0. The lowest BCUT2D eigenvalue weighted by atomic mass is 9.81. The number of hydrogen-bond donors (Lipinski definition) is 3. The summed E-state index contributed by atoms with van der Waals surface area (Å²) in [6.07, 6.45) is 1.85. The van der Waals surface area contributed by atoms with Gasteiger partial charge in [0.05, 0.1) is 4.90 Å². The van der Waals surface area contributed by atoms with E-state index >= 15 is 0 Å². The lowest BCUT2D eigenvalue weighted by Gasteiger charge is -2.34. The summed E-state index contributed by atoms with van der Waals surface area (Å²) < 4.78 is 27.3. The monoisotopic (exact) mass is 311 g/mol. The van der Waals surface area contributed by atoms with Gasteiger partial charge in [0.15, 0.2) is 0 Å². The molecule has 1 aliphatic rings. The number of carbonyl (C=O) groups is 1. The average Bonchev–Trinajstić information content (AvgIpc) is 2.46. The van der Waals surface area contributed by atoms with Gasteiger partial charge in [-0.15, -0.1) is 0 Å². The van der Waals surface area contributed by atoms with E-state index in [-0.39, 0.29) is 15.9 Å². The van der Waals surface area contributed by atoms with Crippen molar-refractivity contribution >= 4 is 15.9 Å². The molecule has 0 spiro atoms. The number of sulfonamides is 1. The summed E-state index contributed by atoms with van der Waals surface area (Å²) in [6.45, 7) is 4.26. The minimum atomic E-state index is -3.63. The number of carbonyl (C=O) groups excluding carboxylic acids is 1. The van der Waals surface area contributed by atoms with Crippen LogP contribution in [0.15, 0.2) is 29.2 Å². The van der Waals surface area contributed by atoms with E-state index in [4.69, 9.17) is 5.73 Å². The third-order valence-corrected chi connectivity index (χ3v) is 5.33. The molecule has 0 aromatic heterocycles. The maximum atomic E-state index is 12.3. The number of amides is 1. The van der Waals surface area contributed by atoms with Gasteiger partial charge in [0, 0.05) is 12.1 Å². The molecule has 1 aromatic carbocycles. The van der Waals surface area contributed by atoms with Gasteiger partial charge in [-0.05, 0) is 49.5 Å². The maximum absolute atomic E-state index is 12.3. The van der Waals surface area contributed by atoms with Crippen LogP contribution in [0, 0.1) is 5.41 Å². The first-order valence-corrected chi connectivity index (χ1v) is 8.41. The van der Waals surface area contributed by atoms with Crippen molar-refractivity contribution < 1.29 is 13.2 Å². The first-order chi connectivity index (χ1) is 9.82. The Morgan fingerprint density at radius 3 is 2.67 bits per heavy atom. The number of primary amides is 1. The normalized spacial score (nSPS) is 18.3. The molecule has 1 aromatic rings. The van der Waals surface area contributed by atoms with Gasteiger partial charge in [0.1, 0.15) is 0 Å². The van der Waals surface area contributed by atoms with E-state index in [1.54, 1.807) is 0 Å².